The highest BCUT2D eigenvalue weighted by Crippen LogP contribution is 2.13. The number of rotatable bonds is 9. The number of carbonyl (C=O) groups excluding carboxylic acids is 1. The van der Waals surface area contributed by atoms with Crippen molar-refractivity contribution < 1.29 is 14.3 Å². The second-order valence-corrected chi connectivity index (χ2v) is 5.74. The summed E-state index contributed by atoms with van der Waals surface area (Å²) in [6, 6.07) is 3.54. The Hall–Kier alpha value is -0.590. The zero-order chi connectivity index (χ0) is 13.2. The molecule has 2 N–H and O–H groups in total. The Labute approximate surface area is 116 Å². The van der Waals surface area contributed by atoms with Gasteiger partial charge in [-0.05, 0) is 30.6 Å². The van der Waals surface area contributed by atoms with Crippen LogP contribution in [0.15, 0.2) is 16.5 Å². The number of hydrogen-bond acceptors (Lipinski definition) is 5. The van der Waals surface area contributed by atoms with Gasteiger partial charge in [0, 0.05) is 18.9 Å². The molecule has 0 aliphatic rings. The summed E-state index contributed by atoms with van der Waals surface area (Å²) in [6.45, 7) is 0.845. The SMILES string of the molecule is CSCc1ccc(C(=O)NCCSCCCO)o1. The Morgan fingerprint density at radius 1 is 1.44 bits per heavy atom. The maximum atomic E-state index is 11.7. The van der Waals surface area contributed by atoms with Crippen molar-refractivity contribution in [3.63, 3.8) is 0 Å². The number of thioether (sulfide) groups is 2. The topological polar surface area (TPSA) is 62.5 Å². The molecule has 102 valence electrons. The number of aliphatic hydroxyl groups is 1. The predicted octanol–water partition coefficient (Wildman–Crippen LogP) is 1.99. The van der Waals surface area contributed by atoms with Crippen molar-refractivity contribution >= 4 is 29.4 Å². The van der Waals surface area contributed by atoms with E-state index in [-0.39, 0.29) is 12.5 Å². The van der Waals surface area contributed by atoms with Crippen LogP contribution in [0, 0.1) is 0 Å². The molecular formula is C12H19NO3S2. The van der Waals surface area contributed by atoms with E-state index in [1.54, 1.807) is 29.6 Å². The molecule has 1 heterocycles. The average molecular weight is 289 g/mol. The fraction of sp³-hybridized carbons (Fsp3) is 0.583. The van der Waals surface area contributed by atoms with Crippen molar-refractivity contribution in [1.82, 2.24) is 5.32 Å². The van der Waals surface area contributed by atoms with Crippen molar-refractivity contribution in [2.45, 2.75) is 12.2 Å². The third kappa shape index (κ3) is 5.84. The molecule has 0 saturated heterocycles. The van der Waals surface area contributed by atoms with E-state index in [2.05, 4.69) is 5.32 Å². The number of furan rings is 1. The van der Waals surface area contributed by atoms with Crippen LogP contribution in [0.5, 0.6) is 0 Å². The Morgan fingerprint density at radius 2 is 2.28 bits per heavy atom. The molecule has 0 aliphatic carbocycles. The van der Waals surface area contributed by atoms with Gasteiger partial charge in [-0.25, -0.2) is 0 Å². The van der Waals surface area contributed by atoms with Crippen LogP contribution >= 0.6 is 23.5 Å². The Balaban J connectivity index is 2.19. The normalized spacial score (nSPS) is 10.6. The zero-order valence-electron chi connectivity index (χ0n) is 10.5. The Bertz CT molecular complexity index is 355. The fourth-order valence-corrected chi connectivity index (χ4v) is 2.54. The lowest BCUT2D eigenvalue weighted by atomic mass is 10.4. The average Bonchev–Trinajstić information content (AvgIpc) is 2.82. The van der Waals surface area contributed by atoms with Crippen LogP contribution in [0.1, 0.15) is 22.7 Å². The molecule has 0 saturated carbocycles. The number of carbonyl (C=O) groups is 1. The highest BCUT2D eigenvalue weighted by Gasteiger charge is 2.09. The lowest BCUT2D eigenvalue weighted by Gasteiger charge is -2.02. The monoisotopic (exact) mass is 289 g/mol. The van der Waals surface area contributed by atoms with Gasteiger partial charge in [0.2, 0.25) is 0 Å². The van der Waals surface area contributed by atoms with E-state index in [1.807, 2.05) is 12.3 Å². The molecule has 18 heavy (non-hydrogen) atoms. The number of nitrogens with one attached hydrogen (secondary N) is 1. The van der Waals surface area contributed by atoms with Gasteiger partial charge >= 0.3 is 0 Å². The van der Waals surface area contributed by atoms with Crippen molar-refractivity contribution in [2.24, 2.45) is 0 Å². The first-order chi connectivity index (χ1) is 8.77. The van der Waals surface area contributed by atoms with E-state index >= 15 is 0 Å². The fourth-order valence-electron chi connectivity index (χ4n) is 1.31. The Kier molecular flexibility index (Phi) is 8.04. The summed E-state index contributed by atoms with van der Waals surface area (Å²) in [5.41, 5.74) is 0. The number of amides is 1. The Morgan fingerprint density at radius 3 is 3.00 bits per heavy atom. The van der Waals surface area contributed by atoms with Crippen LogP contribution < -0.4 is 5.32 Å². The van der Waals surface area contributed by atoms with E-state index in [0.717, 1.165) is 29.4 Å². The van der Waals surface area contributed by atoms with E-state index in [9.17, 15) is 4.79 Å². The first kappa shape index (κ1) is 15.5. The summed E-state index contributed by atoms with van der Waals surface area (Å²) >= 11 is 3.38. The van der Waals surface area contributed by atoms with E-state index in [0.29, 0.717) is 12.3 Å². The van der Waals surface area contributed by atoms with Gasteiger partial charge in [0.25, 0.3) is 5.91 Å². The molecule has 1 amide bonds. The molecule has 0 radical (unpaired) electrons. The van der Waals surface area contributed by atoms with Crippen LogP contribution in [0.2, 0.25) is 0 Å². The molecular weight excluding hydrogens is 270 g/mol. The third-order valence-corrected chi connectivity index (χ3v) is 3.79. The molecule has 4 nitrogen and oxygen atoms in total. The first-order valence-electron chi connectivity index (χ1n) is 5.82. The van der Waals surface area contributed by atoms with Crippen molar-refractivity contribution in [3.05, 3.63) is 23.7 Å². The van der Waals surface area contributed by atoms with Crippen molar-refractivity contribution in [2.75, 3.05) is 30.9 Å². The van der Waals surface area contributed by atoms with E-state index in [1.165, 1.54) is 0 Å². The molecule has 0 unspecified atom stereocenters. The minimum atomic E-state index is -0.162. The van der Waals surface area contributed by atoms with Crippen molar-refractivity contribution in [1.29, 1.82) is 0 Å². The van der Waals surface area contributed by atoms with Gasteiger partial charge in [-0.2, -0.15) is 23.5 Å². The van der Waals surface area contributed by atoms with Gasteiger partial charge in [-0.1, -0.05) is 0 Å². The van der Waals surface area contributed by atoms with Gasteiger partial charge in [0.05, 0.1) is 5.75 Å². The summed E-state index contributed by atoms with van der Waals surface area (Å²) in [4.78, 5) is 11.7. The van der Waals surface area contributed by atoms with E-state index in [4.69, 9.17) is 9.52 Å². The molecule has 6 heteroatoms. The number of aliphatic hydroxyl groups excluding tert-OH is 1. The summed E-state index contributed by atoms with van der Waals surface area (Å²) in [6.07, 6.45) is 2.79. The predicted molar refractivity (Wildman–Crippen MR) is 77.3 cm³/mol. The molecule has 0 fully saturated rings. The van der Waals surface area contributed by atoms with Gasteiger partial charge in [-0.15, -0.1) is 0 Å². The highest BCUT2D eigenvalue weighted by atomic mass is 32.2. The van der Waals surface area contributed by atoms with Crippen LogP contribution in [0.25, 0.3) is 0 Å². The summed E-state index contributed by atoms with van der Waals surface area (Å²) in [7, 11) is 0. The van der Waals surface area contributed by atoms with E-state index < -0.39 is 0 Å². The molecule has 1 aromatic rings. The summed E-state index contributed by atoms with van der Waals surface area (Å²) in [5.74, 6) is 3.59. The molecule has 0 spiro atoms. The van der Waals surface area contributed by atoms with Gasteiger partial charge in [0.15, 0.2) is 5.76 Å². The standard InChI is InChI=1S/C12H19NO3S2/c1-17-9-10-3-4-11(16-10)12(15)13-5-8-18-7-2-6-14/h3-4,14H,2,5-9H2,1H3,(H,13,15). The van der Waals surface area contributed by atoms with Gasteiger partial charge < -0.3 is 14.8 Å². The number of hydrogen-bond donors (Lipinski definition) is 2. The molecule has 1 rings (SSSR count). The second-order valence-electron chi connectivity index (χ2n) is 3.64. The third-order valence-electron chi connectivity index (χ3n) is 2.15. The van der Waals surface area contributed by atoms with Crippen LogP contribution in [0.3, 0.4) is 0 Å². The van der Waals surface area contributed by atoms with Crippen LogP contribution in [0.4, 0.5) is 0 Å². The molecule has 1 aromatic heterocycles. The lowest BCUT2D eigenvalue weighted by Crippen LogP contribution is -2.25. The lowest BCUT2D eigenvalue weighted by molar-refractivity contribution is 0.0927. The second kappa shape index (κ2) is 9.35. The minimum absolute atomic E-state index is 0.162. The molecule has 0 aromatic carbocycles. The van der Waals surface area contributed by atoms with Gasteiger partial charge in [0.1, 0.15) is 5.76 Å². The van der Waals surface area contributed by atoms with Crippen LogP contribution in [-0.4, -0.2) is 41.9 Å². The first-order valence-corrected chi connectivity index (χ1v) is 8.37. The quantitative estimate of drug-likeness (QED) is 0.681. The summed E-state index contributed by atoms with van der Waals surface area (Å²) < 4.78 is 5.41. The molecule has 0 aliphatic heterocycles. The maximum absolute atomic E-state index is 11.7. The smallest absolute Gasteiger partial charge is 0.287 e. The largest absolute Gasteiger partial charge is 0.455 e. The minimum Gasteiger partial charge on any atom is -0.455 e. The maximum Gasteiger partial charge on any atom is 0.287 e. The molecule has 0 bridgehead atoms. The van der Waals surface area contributed by atoms with Crippen LogP contribution in [-0.2, 0) is 5.75 Å². The summed E-state index contributed by atoms with van der Waals surface area (Å²) in [5, 5.41) is 11.4. The van der Waals surface area contributed by atoms with Gasteiger partial charge in [-0.3, -0.25) is 4.79 Å². The molecule has 0 atom stereocenters. The van der Waals surface area contributed by atoms with Crippen molar-refractivity contribution in [3.8, 4) is 0 Å². The zero-order valence-corrected chi connectivity index (χ0v) is 12.1. The highest BCUT2D eigenvalue weighted by molar-refractivity contribution is 7.99.